The zero-order valence-electron chi connectivity index (χ0n) is 10.8. The molecule has 0 aromatic carbocycles. The van der Waals surface area contributed by atoms with Gasteiger partial charge in [0.05, 0.1) is 5.41 Å². The molecular weight excluding hydrogens is 200 g/mol. The van der Waals surface area contributed by atoms with Gasteiger partial charge in [-0.05, 0) is 43.9 Å². The fourth-order valence-electron chi connectivity index (χ4n) is 4.62. The first-order chi connectivity index (χ1) is 7.27. The van der Waals surface area contributed by atoms with E-state index in [9.17, 15) is 4.79 Å². The Bertz CT molecular complexity index is 360. The van der Waals surface area contributed by atoms with Crippen LogP contribution in [0.1, 0.15) is 53.4 Å². The normalized spacial score (nSPS) is 53.6. The molecule has 0 amide bonds. The number of rotatable bonds is 0. The van der Waals surface area contributed by atoms with Gasteiger partial charge in [-0.3, -0.25) is 4.79 Å². The van der Waals surface area contributed by atoms with Crippen LogP contribution in [0.3, 0.4) is 0 Å². The van der Waals surface area contributed by atoms with Crippen molar-refractivity contribution < 1.29 is 9.53 Å². The Hall–Kier alpha value is -0.530. The highest BCUT2D eigenvalue weighted by atomic mass is 16.5. The smallest absolute Gasteiger partial charge is 0.312 e. The molecule has 2 nitrogen and oxygen atoms in total. The SMILES string of the molecule is CC12CC3CC(OC1=O)C(C)(C)C(C)(C3)C2. The highest BCUT2D eigenvalue weighted by molar-refractivity contribution is 5.77. The number of ether oxygens (including phenoxy) is 1. The third-order valence-corrected chi connectivity index (χ3v) is 5.91. The van der Waals surface area contributed by atoms with E-state index < -0.39 is 0 Å². The van der Waals surface area contributed by atoms with Gasteiger partial charge in [-0.2, -0.15) is 0 Å². The highest BCUT2D eigenvalue weighted by Gasteiger charge is 2.63. The molecular formula is C14H22O2. The lowest BCUT2D eigenvalue weighted by atomic mass is 9.46. The number of carbonyl (C=O) groups excluding carboxylic acids is 1. The Kier molecular flexibility index (Phi) is 1.76. The van der Waals surface area contributed by atoms with Gasteiger partial charge in [0.25, 0.3) is 0 Å². The van der Waals surface area contributed by atoms with Crippen LogP contribution in [0.4, 0.5) is 0 Å². The number of hydrogen-bond donors (Lipinski definition) is 0. The Labute approximate surface area is 97.7 Å². The fraction of sp³-hybridized carbons (Fsp3) is 0.929. The summed E-state index contributed by atoms with van der Waals surface area (Å²) in [6.07, 6.45) is 4.58. The largest absolute Gasteiger partial charge is 0.461 e. The van der Waals surface area contributed by atoms with Crippen molar-refractivity contribution in [2.75, 3.05) is 0 Å². The van der Waals surface area contributed by atoms with Gasteiger partial charge in [0.2, 0.25) is 0 Å². The van der Waals surface area contributed by atoms with E-state index in [1.165, 1.54) is 6.42 Å². The first-order valence-corrected chi connectivity index (χ1v) is 6.48. The van der Waals surface area contributed by atoms with Crippen molar-refractivity contribution in [3.8, 4) is 0 Å². The van der Waals surface area contributed by atoms with Crippen LogP contribution in [0.5, 0.6) is 0 Å². The molecule has 4 fully saturated rings. The van der Waals surface area contributed by atoms with Crippen LogP contribution in [0, 0.1) is 22.2 Å². The molecule has 2 heterocycles. The monoisotopic (exact) mass is 222 g/mol. The molecule has 4 aliphatic rings. The summed E-state index contributed by atoms with van der Waals surface area (Å²) in [7, 11) is 0. The van der Waals surface area contributed by atoms with Crippen LogP contribution in [0.15, 0.2) is 0 Å². The lowest BCUT2D eigenvalue weighted by molar-refractivity contribution is -0.161. The molecule has 90 valence electrons. The molecule has 0 spiro atoms. The van der Waals surface area contributed by atoms with Crippen molar-refractivity contribution in [3.05, 3.63) is 0 Å². The second kappa shape index (κ2) is 2.65. The van der Waals surface area contributed by atoms with E-state index in [4.69, 9.17) is 4.74 Å². The molecule has 0 aromatic heterocycles. The topological polar surface area (TPSA) is 26.3 Å². The Balaban J connectivity index is 2.15. The zero-order chi connectivity index (χ0) is 11.8. The maximum atomic E-state index is 12.2. The lowest BCUT2D eigenvalue weighted by Crippen LogP contribution is -2.53. The van der Waals surface area contributed by atoms with Crippen LogP contribution < -0.4 is 0 Å². The Morgan fingerprint density at radius 2 is 1.88 bits per heavy atom. The molecule has 2 heteroatoms. The summed E-state index contributed by atoms with van der Waals surface area (Å²) in [4.78, 5) is 12.2. The average Bonchev–Trinajstić information content (AvgIpc) is 2.22. The van der Waals surface area contributed by atoms with Gasteiger partial charge in [-0.15, -0.1) is 0 Å². The molecule has 16 heavy (non-hydrogen) atoms. The first-order valence-electron chi connectivity index (χ1n) is 6.48. The molecule has 0 aromatic rings. The molecule has 4 unspecified atom stereocenters. The number of carbonyl (C=O) groups is 1. The minimum absolute atomic E-state index is 0.0662. The minimum atomic E-state index is -0.208. The van der Waals surface area contributed by atoms with E-state index in [1.807, 2.05) is 0 Å². The van der Waals surface area contributed by atoms with E-state index in [0.29, 0.717) is 5.92 Å². The predicted molar refractivity (Wildman–Crippen MR) is 61.8 cm³/mol. The van der Waals surface area contributed by atoms with Gasteiger partial charge >= 0.3 is 5.97 Å². The average molecular weight is 222 g/mol. The third-order valence-electron chi connectivity index (χ3n) is 5.91. The van der Waals surface area contributed by atoms with E-state index in [0.717, 1.165) is 19.3 Å². The molecule has 2 aliphatic carbocycles. The maximum Gasteiger partial charge on any atom is 0.312 e. The molecule has 2 saturated carbocycles. The second-order valence-corrected chi connectivity index (χ2v) is 7.42. The van der Waals surface area contributed by atoms with Crippen LogP contribution >= 0.6 is 0 Å². The summed E-state index contributed by atoms with van der Waals surface area (Å²) < 4.78 is 5.78. The van der Waals surface area contributed by atoms with Crippen molar-refractivity contribution in [3.63, 3.8) is 0 Å². The molecule has 4 rings (SSSR count). The summed E-state index contributed by atoms with van der Waals surface area (Å²) >= 11 is 0. The van der Waals surface area contributed by atoms with Gasteiger partial charge in [-0.1, -0.05) is 20.8 Å². The zero-order valence-corrected chi connectivity index (χ0v) is 10.8. The summed E-state index contributed by atoms with van der Waals surface area (Å²) in [5, 5.41) is 0. The van der Waals surface area contributed by atoms with Crippen molar-refractivity contribution in [2.24, 2.45) is 22.2 Å². The van der Waals surface area contributed by atoms with Crippen molar-refractivity contribution in [1.29, 1.82) is 0 Å². The minimum Gasteiger partial charge on any atom is -0.461 e. The molecule has 2 saturated heterocycles. The van der Waals surface area contributed by atoms with E-state index >= 15 is 0 Å². The van der Waals surface area contributed by atoms with Crippen molar-refractivity contribution in [1.82, 2.24) is 0 Å². The summed E-state index contributed by atoms with van der Waals surface area (Å²) in [5.41, 5.74) is 0.206. The van der Waals surface area contributed by atoms with Crippen LogP contribution in [0.25, 0.3) is 0 Å². The second-order valence-electron chi connectivity index (χ2n) is 7.42. The van der Waals surface area contributed by atoms with E-state index in [1.54, 1.807) is 0 Å². The highest BCUT2D eigenvalue weighted by Crippen LogP contribution is 2.65. The Morgan fingerprint density at radius 1 is 1.19 bits per heavy atom. The van der Waals surface area contributed by atoms with Crippen molar-refractivity contribution in [2.45, 2.75) is 59.5 Å². The third kappa shape index (κ3) is 1.06. The van der Waals surface area contributed by atoms with Gasteiger partial charge in [-0.25, -0.2) is 0 Å². The fourth-order valence-corrected chi connectivity index (χ4v) is 4.62. The molecule has 0 N–H and O–H groups in total. The van der Waals surface area contributed by atoms with Crippen LogP contribution in [-0.4, -0.2) is 12.1 Å². The molecule has 2 aliphatic heterocycles. The molecule has 0 radical (unpaired) electrons. The van der Waals surface area contributed by atoms with Gasteiger partial charge in [0.15, 0.2) is 0 Å². The number of esters is 1. The first kappa shape index (κ1) is 10.6. The van der Waals surface area contributed by atoms with E-state index in [2.05, 4.69) is 27.7 Å². The lowest BCUT2D eigenvalue weighted by Gasteiger charge is -2.56. The molecule has 4 bridgehead atoms. The van der Waals surface area contributed by atoms with Gasteiger partial charge in [0.1, 0.15) is 6.10 Å². The molecule has 4 atom stereocenters. The van der Waals surface area contributed by atoms with Crippen LogP contribution in [-0.2, 0) is 9.53 Å². The number of fused-ring (bicyclic) bond motifs is 1. The van der Waals surface area contributed by atoms with E-state index in [-0.39, 0.29) is 28.3 Å². The quantitative estimate of drug-likeness (QED) is 0.588. The Morgan fingerprint density at radius 3 is 2.56 bits per heavy atom. The standard InChI is InChI=1S/C14H22O2/c1-12(2)10-5-9-6-13(3,11(15)16-10)8-14(12,4)7-9/h9-10H,5-8H2,1-4H3. The summed E-state index contributed by atoms with van der Waals surface area (Å²) in [6.45, 7) is 9.06. The van der Waals surface area contributed by atoms with Gasteiger partial charge < -0.3 is 4.74 Å². The predicted octanol–water partition coefficient (Wildman–Crippen LogP) is 3.15. The van der Waals surface area contributed by atoms with Crippen molar-refractivity contribution >= 4 is 5.97 Å². The summed E-state index contributed by atoms with van der Waals surface area (Å²) in [6, 6.07) is 0. The summed E-state index contributed by atoms with van der Waals surface area (Å²) in [5.74, 6) is 0.768. The maximum absolute atomic E-state index is 12.2. The van der Waals surface area contributed by atoms with Gasteiger partial charge in [0, 0.05) is 5.41 Å². The van der Waals surface area contributed by atoms with Crippen LogP contribution in [0.2, 0.25) is 0 Å². The number of hydrogen-bond acceptors (Lipinski definition) is 2.